The average Bonchev–Trinajstić information content (AvgIpc) is 2.38. The molecule has 0 aliphatic rings. The summed E-state index contributed by atoms with van der Waals surface area (Å²) < 4.78 is 0. The van der Waals surface area contributed by atoms with Crippen LogP contribution >= 0.6 is 11.8 Å². The highest BCUT2D eigenvalue weighted by atomic mass is 32.2. The summed E-state index contributed by atoms with van der Waals surface area (Å²) in [6.45, 7) is 0. The first-order valence-corrected chi connectivity index (χ1v) is 6.61. The molecule has 2 N–H and O–H groups in total. The Morgan fingerprint density at radius 1 is 1.16 bits per heavy atom. The van der Waals surface area contributed by atoms with E-state index in [-0.39, 0.29) is 17.4 Å². The number of fused-ring (bicyclic) bond motifs is 1. The molecule has 19 heavy (non-hydrogen) atoms. The molecule has 7 heteroatoms. The molecule has 1 aromatic heterocycles. The van der Waals surface area contributed by atoms with Gasteiger partial charge in [0, 0.05) is 18.1 Å². The van der Waals surface area contributed by atoms with Crippen molar-refractivity contribution in [1.29, 1.82) is 0 Å². The summed E-state index contributed by atoms with van der Waals surface area (Å²) in [6.07, 6.45) is 3.18. The molecule has 1 amide bonds. The fourth-order valence-electron chi connectivity index (χ4n) is 1.47. The van der Waals surface area contributed by atoms with Gasteiger partial charge in [0.05, 0.1) is 22.5 Å². The topological polar surface area (TPSA) is 92.2 Å². The molecule has 1 heterocycles. The normalized spacial score (nSPS) is 10.3. The third-order valence-electron chi connectivity index (χ3n) is 2.21. The number of aromatic nitrogens is 2. The molecule has 0 saturated heterocycles. The molecule has 2 aromatic rings. The minimum absolute atomic E-state index is 0.0867. The highest BCUT2D eigenvalue weighted by molar-refractivity contribution is 8.00. The maximum absolute atomic E-state index is 11.6. The van der Waals surface area contributed by atoms with Gasteiger partial charge >= 0.3 is 5.97 Å². The van der Waals surface area contributed by atoms with Crippen LogP contribution in [0.15, 0.2) is 30.6 Å². The van der Waals surface area contributed by atoms with Crippen LogP contribution < -0.4 is 5.32 Å². The molecular weight excluding hydrogens is 266 g/mol. The van der Waals surface area contributed by atoms with Crippen LogP contribution in [0.5, 0.6) is 0 Å². The van der Waals surface area contributed by atoms with Crippen LogP contribution in [0.1, 0.15) is 0 Å². The second-order valence-corrected chi connectivity index (χ2v) is 4.68. The summed E-state index contributed by atoms with van der Waals surface area (Å²) in [5.41, 5.74) is 2.06. The first-order chi connectivity index (χ1) is 9.15. The number of amides is 1. The van der Waals surface area contributed by atoms with E-state index in [1.807, 2.05) is 0 Å². The van der Waals surface area contributed by atoms with Gasteiger partial charge in [-0.2, -0.15) is 0 Å². The number of carbonyl (C=O) groups excluding carboxylic acids is 1. The van der Waals surface area contributed by atoms with Crippen molar-refractivity contribution in [3.63, 3.8) is 0 Å². The maximum atomic E-state index is 11.6. The van der Waals surface area contributed by atoms with E-state index in [0.29, 0.717) is 11.2 Å². The molecule has 6 nitrogen and oxygen atoms in total. The monoisotopic (exact) mass is 277 g/mol. The van der Waals surface area contributed by atoms with Gasteiger partial charge in [-0.25, -0.2) is 0 Å². The van der Waals surface area contributed by atoms with Gasteiger partial charge in [0.2, 0.25) is 5.91 Å². The second-order valence-electron chi connectivity index (χ2n) is 3.69. The predicted molar refractivity (Wildman–Crippen MR) is 73.1 cm³/mol. The number of carbonyl (C=O) groups is 2. The quantitative estimate of drug-likeness (QED) is 0.858. The van der Waals surface area contributed by atoms with Crippen LogP contribution in [0.2, 0.25) is 0 Å². The van der Waals surface area contributed by atoms with Gasteiger partial charge in [-0.05, 0) is 18.2 Å². The molecule has 0 saturated carbocycles. The SMILES string of the molecule is O=C(O)CSCC(=O)Nc1ccc2nccnc2c1. The number of benzene rings is 1. The first-order valence-electron chi connectivity index (χ1n) is 5.45. The summed E-state index contributed by atoms with van der Waals surface area (Å²) in [5, 5.41) is 11.2. The fourth-order valence-corrected chi connectivity index (χ4v) is 2.00. The molecule has 0 atom stereocenters. The molecule has 0 fully saturated rings. The Hall–Kier alpha value is -2.15. The zero-order valence-corrected chi connectivity index (χ0v) is 10.7. The van der Waals surface area contributed by atoms with Crippen molar-refractivity contribution in [2.24, 2.45) is 0 Å². The van der Waals surface area contributed by atoms with Gasteiger partial charge in [-0.15, -0.1) is 11.8 Å². The summed E-state index contributed by atoms with van der Waals surface area (Å²) in [4.78, 5) is 30.2. The minimum atomic E-state index is -0.932. The van der Waals surface area contributed by atoms with Gasteiger partial charge in [-0.3, -0.25) is 19.6 Å². The van der Waals surface area contributed by atoms with E-state index in [1.54, 1.807) is 30.6 Å². The van der Waals surface area contributed by atoms with E-state index in [2.05, 4.69) is 15.3 Å². The smallest absolute Gasteiger partial charge is 0.313 e. The number of aliphatic carboxylic acids is 1. The van der Waals surface area contributed by atoms with E-state index < -0.39 is 5.97 Å². The molecule has 98 valence electrons. The summed E-state index contributed by atoms with van der Waals surface area (Å²) in [5.74, 6) is -1.16. The zero-order valence-electron chi connectivity index (χ0n) is 9.87. The van der Waals surface area contributed by atoms with Crippen molar-refractivity contribution in [2.75, 3.05) is 16.8 Å². The number of hydrogen-bond acceptors (Lipinski definition) is 5. The van der Waals surface area contributed by atoms with Crippen LogP contribution in [-0.2, 0) is 9.59 Å². The Morgan fingerprint density at radius 2 is 1.89 bits per heavy atom. The van der Waals surface area contributed by atoms with Crippen LogP contribution in [0.4, 0.5) is 5.69 Å². The summed E-state index contributed by atoms with van der Waals surface area (Å²) in [6, 6.07) is 5.22. The maximum Gasteiger partial charge on any atom is 0.313 e. The lowest BCUT2D eigenvalue weighted by molar-refractivity contribution is -0.133. The van der Waals surface area contributed by atoms with E-state index in [1.165, 1.54) is 0 Å². The van der Waals surface area contributed by atoms with Gasteiger partial charge in [0.25, 0.3) is 0 Å². The molecular formula is C12H11N3O3S. The predicted octanol–water partition coefficient (Wildman–Crippen LogP) is 1.39. The first kappa shape index (κ1) is 13.3. The third-order valence-corrected chi connectivity index (χ3v) is 3.13. The number of anilines is 1. The molecule has 1 aromatic carbocycles. The molecule has 0 radical (unpaired) electrons. The molecule has 0 aliphatic heterocycles. The highest BCUT2D eigenvalue weighted by Crippen LogP contribution is 2.15. The lowest BCUT2D eigenvalue weighted by Crippen LogP contribution is -2.15. The number of nitrogens with one attached hydrogen (secondary N) is 1. The molecule has 2 rings (SSSR count). The molecule has 0 bridgehead atoms. The Labute approximate surface area is 113 Å². The van der Waals surface area contributed by atoms with Crippen LogP contribution in [-0.4, -0.2) is 38.5 Å². The molecule has 0 spiro atoms. The van der Waals surface area contributed by atoms with Crippen molar-refractivity contribution in [3.8, 4) is 0 Å². The Balaban J connectivity index is 1.97. The van der Waals surface area contributed by atoms with Gasteiger partial charge in [-0.1, -0.05) is 0 Å². The number of carboxylic acids is 1. The zero-order chi connectivity index (χ0) is 13.7. The fraction of sp³-hybridized carbons (Fsp3) is 0.167. The van der Waals surface area contributed by atoms with Gasteiger partial charge in [0.1, 0.15) is 0 Å². The number of carboxylic acid groups (broad SMARTS) is 1. The lowest BCUT2D eigenvalue weighted by atomic mass is 10.2. The van der Waals surface area contributed by atoms with E-state index in [4.69, 9.17) is 5.11 Å². The largest absolute Gasteiger partial charge is 0.481 e. The second kappa shape index (κ2) is 6.14. The van der Waals surface area contributed by atoms with E-state index >= 15 is 0 Å². The van der Waals surface area contributed by atoms with Crippen molar-refractivity contribution < 1.29 is 14.7 Å². The summed E-state index contributed by atoms with van der Waals surface area (Å²) >= 11 is 1.05. The van der Waals surface area contributed by atoms with E-state index in [9.17, 15) is 9.59 Å². The highest BCUT2D eigenvalue weighted by Gasteiger charge is 2.05. The Morgan fingerprint density at radius 3 is 2.63 bits per heavy atom. The number of hydrogen-bond donors (Lipinski definition) is 2. The number of rotatable bonds is 5. The van der Waals surface area contributed by atoms with Crippen LogP contribution in [0, 0.1) is 0 Å². The molecule has 0 aliphatic carbocycles. The summed E-state index contributed by atoms with van der Waals surface area (Å²) in [7, 11) is 0. The Kier molecular flexibility index (Phi) is 4.30. The van der Waals surface area contributed by atoms with Crippen molar-refractivity contribution in [1.82, 2.24) is 9.97 Å². The number of thioether (sulfide) groups is 1. The minimum Gasteiger partial charge on any atom is -0.481 e. The third kappa shape index (κ3) is 3.92. The van der Waals surface area contributed by atoms with Crippen molar-refractivity contribution in [2.45, 2.75) is 0 Å². The standard InChI is InChI=1S/C12H11N3O3S/c16-11(6-19-7-12(17)18)15-8-1-2-9-10(5-8)14-4-3-13-9/h1-5H,6-7H2,(H,15,16)(H,17,18). The molecule has 0 unspecified atom stereocenters. The van der Waals surface area contributed by atoms with Crippen molar-refractivity contribution >= 4 is 40.4 Å². The average molecular weight is 277 g/mol. The lowest BCUT2D eigenvalue weighted by Gasteiger charge is -2.05. The Bertz CT molecular complexity index is 618. The van der Waals surface area contributed by atoms with Crippen LogP contribution in [0.3, 0.4) is 0 Å². The van der Waals surface area contributed by atoms with Gasteiger partial charge < -0.3 is 10.4 Å². The number of nitrogens with zero attached hydrogens (tertiary/aromatic N) is 2. The van der Waals surface area contributed by atoms with E-state index in [0.717, 1.165) is 17.3 Å². The van der Waals surface area contributed by atoms with Crippen LogP contribution in [0.25, 0.3) is 11.0 Å². The van der Waals surface area contributed by atoms with Gasteiger partial charge in [0.15, 0.2) is 0 Å². The van der Waals surface area contributed by atoms with Crippen molar-refractivity contribution in [3.05, 3.63) is 30.6 Å².